The zero-order chi connectivity index (χ0) is 24.9. The number of benzene rings is 2. The molecule has 0 spiro atoms. The van der Waals surface area contributed by atoms with Crippen LogP contribution in [0.3, 0.4) is 0 Å². The van der Waals surface area contributed by atoms with Crippen LogP contribution in [-0.2, 0) is 6.54 Å². The highest BCUT2D eigenvalue weighted by molar-refractivity contribution is 6.30. The highest BCUT2D eigenvalue weighted by atomic mass is 35.5. The summed E-state index contributed by atoms with van der Waals surface area (Å²) in [6.45, 7) is 14.0. The van der Waals surface area contributed by atoms with E-state index in [2.05, 4.69) is 54.3 Å². The van der Waals surface area contributed by atoms with Crippen molar-refractivity contribution in [2.45, 2.75) is 46.7 Å². The summed E-state index contributed by atoms with van der Waals surface area (Å²) >= 11 is 6.08. The Labute approximate surface area is 214 Å². The average molecular weight is 494 g/mol. The number of nitrogens with zero attached hydrogens (tertiary/aromatic N) is 5. The molecule has 1 aliphatic rings. The van der Waals surface area contributed by atoms with Gasteiger partial charge in [-0.25, -0.2) is 4.68 Å². The minimum atomic E-state index is 0.0182. The Bertz CT molecular complexity index is 1120. The van der Waals surface area contributed by atoms with Crippen molar-refractivity contribution < 1.29 is 4.79 Å². The predicted octanol–water partition coefficient (Wildman–Crippen LogP) is 5.42. The van der Waals surface area contributed by atoms with Gasteiger partial charge in [0.25, 0.3) is 5.91 Å². The maximum atomic E-state index is 13.7. The van der Waals surface area contributed by atoms with E-state index in [0.29, 0.717) is 17.1 Å². The Morgan fingerprint density at radius 2 is 1.69 bits per heavy atom. The molecule has 1 aliphatic heterocycles. The molecule has 2 heterocycles. The fourth-order valence-electron chi connectivity index (χ4n) is 4.66. The lowest BCUT2D eigenvalue weighted by Gasteiger charge is -2.37. The number of likely N-dealkylation sites (N-methyl/N-ethyl adjacent to an activating group) is 1. The number of amides is 1. The molecule has 1 saturated heterocycles. The van der Waals surface area contributed by atoms with Crippen molar-refractivity contribution in [3.63, 3.8) is 0 Å². The summed E-state index contributed by atoms with van der Waals surface area (Å²) in [5.74, 6) is 1.12. The molecule has 0 aliphatic carbocycles. The number of anilines is 1. The van der Waals surface area contributed by atoms with Crippen molar-refractivity contribution in [2.24, 2.45) is 0 Å². The molecular weight excluding hydrogens is 458 g/mol. The van der Waals surface area contributed by atoms with Crippen LogP contribution in [0.5, 0.6) is 0 Å². The number of carbonyl (C=O) groups excluding carboxylic acids is 1. The Morgan fingerprint density at radius 1 is 1.03 bits per heavy atom. The predicted molar refractivity (Wildman–Crippen MR) is 144 cm³/mol. The second-order valence-electron chi connectivity index (χ2n) is 9.25. The van der Waals surface area contributed by atoms with E-state index in [1.807, 2.05) is 35.2 Å². The summed E-state index contributed by atoms with van der Waals surface area (Å²) in [5, 5.41) is 5.61. The van der Waals surface area contributed by atoms with E-state index >= 15 is 0 Å². The van der Waals surface area contributed by atoms with Gasteiger partial charge in [0.05, 0.1) is 17.9 Å². The van der Waals surface area contributed by atoms with Crippen LogP contribution in [0.4, 0.5) is 5.82 Å². The molecule has 6 nitrogen and oxygen atoms in total. The highest BCUT2D eigenvalue weighted by Crippen LogP contribution is 2.31. The van der Waals surface area contributed by atoms with Gasteiger partial charge in [0.1, 0.15) is 5.82 Å². The second kappa shape index (κ2) is 11.3. The molecule has 2 aromatic carbocycles. The fourth-order valence-corrected chi connectivity index (χ4v) is 4.79. The minimum Gasteiger partial charge on any atom is -0.354 e. The van der Waals surface area contributed by atoms with Crippen molar-refractivity contribution in [1.82, 2.24) is 19.6 Å². The van der Waals surface area contributed by atoms with Gasteiger partial charge in [0.2, 0.25) is 0 Å². The molecule has 35 heavy (non-hydrogen) atoms. The van der Waals surface area contributed by atoms with Crippen molar-refractivity contribution in [3.8, 4) is 5.69 Å². The van der Waals surface area contributed by atoms with Gasteiger partial charge in [-0.3, -0.25) is 4.79 Å². The smallest absolute Gasteiger partial charge is 0.254 e. The van der Waals surface area contributed by atoms with Crippen LogP contribution in [-0.4, -0.2) is 64.3 Å². The Balaban J connectivity index is 1.74. The number of para-hydroxylation sites is 1. The van der Waals surface area contributed by atoms with Crippen LogP contribution in [0.25, 0.3) is 5.69 Å². The van der Waals surface area contributed by atoms with Crippen molar-refractivity contribution in [2.75, 3.05) is 37.6 Å². The van der Waals surface area contributed by atoms with Gasteiger partial charge in [-0.2, -0.15) is 5.10 Å². The molecule has 0 N–H and O–H groups in total. The van der Waals surface area contributed by atoms with Gasteiger partial charge in [-0.15, -0.1) is 0 Å². The zero-order valence-electron chi connectivity index (χ0n) is 21.2. The molecule has 0 unspecified atom stereocenters. The monoisotopic (exact) mass is 493 g/mol. The van der Waals surface area contributed by atoms with Crippen LogP contribution in [0.15, 0.2) is 54.6 Å². The van der Waals surface area contributed by atoms with Gasteiger partial charge in [0, 0.05) is 48.4 Å². The molecule has 7 heteroatoms. The van der Waals surface area contributed by atoms with Crippen LogP contribution in [0.2, 0.25) is 5.02 Å². The largest absolute Gasteiger partial charge is 0.354 e. The van der Waals surface area contributed by atoms with E-state index in [1.165, 1.54) is 0 Å². The van der Waals surface area contributed by atoms with Crippen LogP contribution in [0, 0.1) is 6.92 Å². The quantitative estimate of drug-likeness (QED) is 0.420. The summed E-state index contributed by atoms with van der Waals surface area (Å²) in [7, 11) is 0. The number of halogens is 1. The van der Waals surface area contributed by atoms with Crippen molar-refractivity contribution in [1.29, 1.82) is 0 Å². The molecule has 1 aromatic heterocycles. The third kappa shape index (κ3) is 5.54. The summed E-state index contributed by atoms with van der Waals surface area (Å²) in [6.07, 6.45) is 0.871. The molecule has 1 atom stereocenters. The van der Waals surface area contributed by atoms with E-state index < -0.39 is 0 Å². The molecule has 1 fully saturated rings. The van der Waals surface area contributed by atoms with E-state index in [9.17, 15) is 4.79 Å². The summed E-state index contributed by atoms with van der Waals surface area (Å²) in [5.41, 5.74) is 3.76. The standard InChI is InChI=1S/C28H36ClN5O/c1-5-21(3)33(28(35)23-12-14-24(29)15-13-23)20-26-22(4)30-34(25-10-8-7-9-11-25)27(26)32-18-16-31(6-2)17-19-32/h7-15,21H,5-6,16-20H2,1-4H3/t21-/m0/s1. The number of rotatable bonds is 8. The first-order chi connectivity index (χ1) is 16.9. The van der Waals surface area contributed by atoms with Gasteiger partial charge in [0.15, 0.2) is 0 Å². The van der Waals surface area contributed by atoms with Crippen LogP contribution >= 0.6 is 11.6 Å². The number of carbonyl (C=O) groups is 1. The van der Waals surface area contributed by atoms with Gasteiger partial charge in [-0.05, 0) is 63.2 Å². The Kier molecular flexibility index (Phi) is 8.14. The normalized spacial score (nSPS) is 15.3. The maximum absolute atomic E-state index is 13.7. The lowest BCUT2D eigenvalue weighted by molar-refractivity contribution is 0.0671. The maximum Gasteiger partial charge on any atom is 0.254 e. The van der Waals surface area contributed by atoms with E-state index in [4.69, 9.17) is 16.7 Å². The number of hydrogen-bond acceptors (Lipinski definition) is 4. The zero-order valence-corrected chi connectivity index (χ0v) is 22.0. The molecule has 1 amide bonds. The lowest BCUT2D eigenvalue weighted by Crippen LogP contribution is -2.47. The molecule has 3 aromatic rings. The van der Waals surface area contributed by atoms with Gasteiger partial charge in [-0.1, -0.05) is 43.6 Å². The summed E-state index contributed by atoms with van der Waals surface area (Å²) in [4.78, 5) is 20.5. The Morgan fingerprint density at radius 3 is 2.29 bits per heavy atom. The first kappa shape index (κ1) is 25.3. The second-order valence-corrected chi connectivity index (χ2v) is 9.69. The lowest BCUT2D eigenvalue weighted by atomic mass is 10.1. The molecule has 186 valence electrons. The molecule has 4 rings (SSSR count). The van der Waals surface area contributed by atoms with Crippen LogP contribution < -0.4 is 4.90 Å². The number of piperazine rings is 1. The van der Waals surface area contributed by atoms with Crippen molar-refractivity contribution >= 4 is 23.3 Å². The first-order valence-electron chi connectivity index (χ1n) is 12.6. The van der Waals surface area contributed by atoms with E-state index in [0.717, 1.165) is 61.9 Å². The van der Waals surface area contributed by atoms with Gasteiger partial charge >= 0.3 is 0 Å². The summed E-state index contributed by atoms with van der Waals surface area (Å²) < 4.78 is 2.06. The number of aryl methyl sites for hydroxylation is 1. The topological polar surface area (TPSA) is 44.6 Å². The van der Waals surface area contributed by atoms with Gasteiger partial charge < -0.3 is 14.7 Å². The third-order valence-corrected chi connectivity index (χ3v) is 7.33. The summed E-state index contributed by atoms with van der Waals surface area (Å²) in [6, 6.07) is 17.6. The number of aromatic nitrogens is 2. The third-order valence-electron chi connectivity index (χ3n) is 7.08. The van der Waals surface area contributed by atoms with Crippen molar-refractivity contribution in [3.05, 3.63) is 76.4 Å². The minimum absolute atomic E-state index is 0.0182. The molecule has 0 saturated carbocycles. The molecule has 0 bridgehead atoms. The fraction of sp³-hybridized carbons (Fsp3) is 0.429. The molecule has 0 radical (unpaired) electrons. The SMILES string of the molecule is CC[C@H](C)N(Cc1c(C)nn(-c2ccccc2)c1N1CCN(CC)CC1)C(=O)c1ccc(Cl)cc1. The van der Waals surface area contributed by atoms with E-state index in [1.54, 1.807) is 12.1 Å². The van der Waals surface area contributed by atoms with E-state index in [-0.39, 0.29) is 11.9 Å². The number of hydrogen-bond donors (Lipinski definition) is 0. The first-order valence-corrected chi connectivity index (χ1v) is 13.0. The molecular formula is C28H36ClN5O. The Hall–Kier alpha value is -2.83. The average Bonchev–Trinajstić information content (AvgIpc) is 3.23. The highest BCUT2D eigenvalue weighted by Gasteiger charge is 2.29. The van der Waals surface area contributed by atoms with Crippen LogP contribution in [0.1, 0.15) is 48.8 Å².